The lowest BCUT2D eigenvalue weighted by Gasteiger charge is -2.25. The number of benzene rings is 2. The predicted molar refractivity (Wildman–Crippen MR) is 162 cm³/mol. The van der Waals surface area contributed by atoms with E-state index in [4.69, 9.17) is 5.73 Å². The first kappa shape index (κ1) is 33.6. The summed E-state index contributed by atoms with van der Waals surface area (Å²) < 4.78 is 0. The topological polar surface area (TPSA) is 224 Å². The maximum Gasteiger partial charge on any atom is 0.326 e. The van der Waals surface area contributed by atoms with Gasteiger partial charge >= 0.3 is 11.9 Å². The van der Waals surface area contributed by atoms with E-state index in [1.165, 1.54) is 24.3 Å². The Morgan fingerprint density at radius 1 is 0.818 bits per heavy atom. The van der Waals surface area contributed by atoms with Crippen molar-refractivity contribution in [3.05, 3.63) is 65.9 Å². The van der Waals surface area contributed by atoms with Crippen LogP contribution in [0.1, 0.15) is 44.2 Å². The second-order valence-corrected chi connectivity index (χ2v) is 11.1. The average molecular weight is 610 g/mol. The van der Waals surface area contributed by atoms with Gasteiger partial charge in [0.15, 0.2) is 0 Å². The molecule has 0 aliphatic heterocycles. The van der Waals surface area contributed by atoms with Crippen molar-refractivity contribution in [2.24, 2.45) is 11.7 Å². The lowest BCUT2D eigenvalue weighted by Crippen LogP contribution is -2.58. The summed E-state index contributed by atoms with van der Waals surface area (Å²) in [6, 6.07) is 8.26. The van der Waals surface area contributed by atoms with Gasteiger partial charge in [-0.3, -0.25) is 19.2 Å². The number of carbonyl (C=O) groups excluding carboxylic acids is 3. The number of carbonyl (C=O) groups is 5. The summed E-state index contributed by atoms with van der Waals surface area (Å²) in [7, 11) is 0. The molecule has 3 rings (SSSR count). The number of carboxylic acids is 2. The van der Waals surface area contributed by atoms with Crippen LogP contribution in [0.3, 0.4) is 0 Å². The number of hydrogen-bond acceptors (Lipinski definition) is 7. The number of phenols is 1. The van der Waals surface area contributed by atoms with Gasteiger partial charge in [0.25, 0.3) is 0 Å². The van der Waals surface area contributed by atoms with Crippen molar-refractivity contribution in [3.8, 4) is 5.75 Å². The van der Waals surface area contributed by atoms with Gasteiger partial charge < -0.3 is 42.0 Å². The molecule has 3 aromatic rings. The van der Waals surface area contributed by atoms with Gasteiger partial charge in [0.2, 0.25) is 17.7 Å². The molecule has 1 aromatic heterocycles. The molecule has 44 heavy (non-hydrogen) atoms. The summed E-state index contributed by atoms with van der Waals surface area (Å²) in [5.74, 6) is -4.69. The van der Waals surface area contributed by atoms with Crippen molar-refractivity contribution < 1.29 is 39.3 Å². The van der Waals surface area contributed by atoms with Crippen LogP contribution in [0.5, 0.6) is 5.75 Å². The molecule has 9 N–H and O–H groups in total. The van der Waals surface area contributed by atoms with Crippen molar-refractivity contribution in [1.82, 2.24) is 20.9 Å². The number of para-hydroxylation sites is 1. The first-order chi connectivity index (χ1) is 20.8. The zero-order chi connectivity index (χ0) is 32.4. The number of aromatic amines is 1. The standard InChI is InChI=1S/C31H39N5O8/c1-17(2)13-22(32)28(40)34-24(11-12-27(38)39)29(41)35-25(14-18-7-9-20(37)10-8-18)30(42)36-26(31(43)44)15-19-16-33-23-6-4-3-5-21(19)23/h3-10,16-17,22,24-26,33,37H,11-15,32H2,1-2H3,(H,34,40)(H,35,41)(H,36,42)(H,38,39)(H,43,44). The smallest absolute Gasteiger partial charge is 0.326 e. The monoisotopic (exact) mass is 609 g/mol. The van der Waals surface area contributed by atoms with E-state index in [1.54, 1.807) is 6.20 Å². The average Bonchev–Trinajstić information content (AvgIpc) is 3.37. The van der Waals surface area contributed by atoms with Crippen LogP contribution < -0.4 is 21.7 Å². The van der Waals surface area contributed by atoms with Crippen molar-refractivity contribution in [2.75, 3.05) is 0 Å². The molecule has 13 nitrogen and oxygen atoms in total. The van der Waals surface area contributed by atoms with E-state index in [0.29, 0.717) is 17.5 Å². The third-order valence-electron chi connectivity index (χ3n) is 7.06. The predicted octanol–water partition coefficient (Wildman–Crippen LogP) is 1.44. The number of rotatable bonds is 16. The van der Waals surface area contributed by atoms with Crippen LogP contribution in [-0.2, 0) is 36.8 Å². The molecule has 0 aliphatic carbocycles. The Balaban J connectivity index is 1.83. The summed E-state index contributed by atoms with van der Waals surface area (Å²) >= 11 is 0. The molecule has 4 atom stereocenters. The third-order valence-corrected chi connectivity index (χ3v) is 7.06. The molecule has 1 heterocycles. The zero-order valence-corrected chi connectivity index (χ0v) is 24.6. The van der Waals surface area contributed by atoms with Crippen LogP contribution in [0, 0.1) is 5.92 Å². The number of aromatic nitrogens is 1. The zero-order valence-electron chi connectivity index (χ0n) is 24.6. The normalized spacial score (nSPS) is 13.9. The Kier molecular flexibility index (Phi) is 11.9. The van der Waals surface area contributed by atoms with Gasteiger partial charge in [-0.2, -0.15) is 0 Å². The van der Waals surface area contributed by atoms with Gasteiger partial charge in [-0.25, -0.2) is 4.79 Å². The third kappa shape index (κ3) is 9.83. The fourth-order valence-corrected chi connectivity index (χ4v) is 4.77. The van der Waals surface area contributed by atoms with Gasteiger partial charge in [0, 0.05) is 36.4 Å². The van der Waals surface area contributed by atoms with Gasteiger partial charge in [-0.1, -0.05) is 44.2 Å². The molecule has 2 aromatic carbocycles. The quantitative estimate of drug-likeness (QED) is 0.117. The fraction of sp³-hybridized carbons (Fsp3) is 0.387. The van der Waals surface area contributed by atoms with E-state index >= 15 is 0 Å². The number of aromatic hydroxyl groups is 1. The second kappa shape index (κ2) is 15.5. The number of fused-ring (bicyclic) bond motifs is 1. The van der Waals surface area contributed by atoms with Gasteiger partial charge in [0.05, 0.1) is 6.04 Å². The van der Waals surface area contributed by atoms with Gasteiger partial charge in [0.1, 0.15) is 23.9 Å². The number of nitrogens with one attached hydrogen (secondary N) is 4. The van der Waals surface area contributed by atoms with Gasteiger partial charge in [-0.15, -0.1) is 0 Å². The SMILES string of the molecule is CC(C)CC(N)C(=O)NC(CCC(=O)O)C(=O)NC(Cc1ccc(O)cc1)C(=O)NC(Cc1c[nH]c2ccccc12)C(=O)O. The van der Waals surface area contributed by atoms with E-state index in [-0.39, 0.29) is 30.9 Å². The van der Waals surface area contributed by atoms with E-state index in [2.05, 4.69) is 20.9 Å². The van der Waals surface area contributed by atoms with Crippen LogP contribution >= 0.6 is 0 Å². The maximum absolute atomic E-state index is 13.5. The van der Waals surface area contributed by atoms with E-state index in [1.807, 2.05) is 38.1 Å². The number of amides is 3. The van der Waals surface area contributed by atoms with Crippen molar-refractivity contribution in [1.29, 1.82) is 0 Å². The highest BCUT2D eigenvalue weighted by molar-refractivity contribution is 5.94. The largest absolute Gasteiger partial charge is 0.508 e. The Morgan fingerprint density at radius 3 is 2.07 bits per heavy atom. The second-order valence-electron chi connectivity index (χ2n) is 11.1. The minimum Gasteiger partial charge on any atom is -0.508 e. The molecular weight excluding hydrogens is 570 g/mol. The van der Waals surface area contributed by atoms with E-state index in [9.17, 15) is 39.3 Å². The lowest BCUT2D eigenvalue weighted by atomic mass is 10.0. The van der Waals surface area contributed by atoms with Crippen molar-refractivity contribution in [2.45, 2.75) is 70.1 Å². The maximum atomic E-state index is 13.5. The molecule has 0 saturated carbocycles. The van der Waals surface area contributed by atoms with Crippen LogP contribution in [0.15, 0.2) is 54.7 Å². The molecule has 236 valence electrons. The molecule has 0 spiro atoms. The Hall–Kier alpha value is -4.91. The summed E-state index contributed by atoms with van der Waals surface area (Å²) in [6.07, 6.45) is 1.14. The Bertz CT molecular complexity index is 1470. The van der Waals surface area contributed by atoms with Gasteiger partial charge in [-0.05, 0) is 48.1 Å². The highest BCUT2D eigenvalue weighted by Crippen LogP contribution is 2.19. The first-order valence-electron chi connectivity index (χ1n) is 14.3. The molecule has 0 fully saturated rings. The number of carboxylic acid groups (broad SMARTS) is 2. The summed E-state index contributed by atoms with van der Waals surface area (Å²) in [5, 5.41) is 37.2. The number of H-pyrrole nitrogens is 1. The number of nitrogens with two attached hydrogens (primary N) is 1. The molecule has 0 radical (unpaired) electrons. The fourth-order valence-electron chi connectivity index (χ4n) is 4.77. The van der Waals surface area contributed by atoms with Crippen molar-refractivity contribution in [3.63, 3.8) is 0 Å². The number of hydrogen-bond donors (Lipinski definition) is 8. The van der Waals surface area contributed by atoms with Crippen LogP contribution in [-0.4, -0.2) is 74.1 Å². The minimum atomic E-state index is -1.35. The van der Waals surface area contributed by atoms with E-state index < -0.39 is 60.2 Å². The minimum absolute atomic E-state index is 0.0161. The Morgan fingerprint density at radius 2 is 1.43 bits per heavy atom. The molecule has 13 heteroatoms. The lowest BCUT2D eigenvalue weighted by molar-refractivity contribution is -0.142. The number of aliphatic carboxylic acids is 2. The van der Waals surface area contributed by atoms with Crippen LogP contribution in [0.4, 0.5) is 0 Å². The molecule has 0 saturated heterocycles. The summed E-state index contributed by atoms with van der Waals surface area (Å²) in [5.41, 5.74) is 7.97. The molecule has 0 bridgehead atoms. The first-order valence-corrected chi connectivity index (χ1v) is 14.3. The van der Waals surface area contributed by atoms with Crippen molar-refractivity contribution >= 4 is 40.6 Å². The molecule has 4 unspecified atom stereocenters. The molecule has 0 aliphatic rings. The highest BCUT2D eigenvalue weighted by atomic mass is 16.4. The molecular formula is C31H39N5O8. The molecule has 3 amide bonds. The van der Waals surface area contributed by atoms with E-state index in [0.717, 1.165) is 10.9 Å². The Labute approximate surface area is 254 Å². The summed E-state index contributed by atoms with van der Waals surface area (Å²) in [4.78, 5) is 66.2. The number of phenolic OH excluding ortho intramolecular Hbond substituents is 1. The van der Waals surface area contributed by atoms with Crippen LogP contribution in [0.2, 0.25) is 0 Å². The highest BCUT2D eigenvalue weighted by Gasteiger charge is 2.31. The summed E-state index contributed by atoms with van der Waals surface area (Å²) in [6.45, 7) is 3.74. The van der Waals surface area contributed by atoms with Crippen LogP contribution in [0.25, 0.3) is 10.9 Å².